The quantitative estimate of drug-likeness (QED) is 0.255. The van der Waals surface area contributed by atoms with E-state index in [0.29, 0.717) is 0 Å². The molecule has 6 heteroatoms. The molecule has 0 heterocycles. The largest absolute Gasteiger partial charge is 0.465 e. The van der Waals surface area contributed by atoms with Crippen LogP contribution in [0, 0.1) is 0 Å². The maximum atomic E-state index is 11.2. The Balaban J connectivity index is 3.26. The van der Waals surface area contributed by atoms with Crippen molar-refractivity contribution in [2.75, 3.05) is 12.8 Å². The Morgan fingerprint density at radius 2 is 2.36 bits per heavy atom. The molecule has 0 spiro atoms. The van der Waals surface area contributed by atoms with Crippen LogP contribution in [0.25, 0.3) is 10.4 Å². The lowest BCUT2D eigenvalue weighted by molar-refractivity contribution is 0.0602. The van der Waals surface area contributed by atoms with Crippen LogP contribution < -0.4 is 5.73 Å². The summed E-state index contributed by atoms with van der Waals surface area (Å²) in [4.78, 5) is 13.7. The van der Waals surface area contributed by atoms with Gasteiger partial charge in [0.1, 0.15) is 0 Å². The Labute approximate surface area is 79.9 Å². The molecule has 72 valence electrons. The summed E-state index contributed by atoms with van der Waals surface area (Å²) in [5.74, 6) is -0.558. The summed E-state index contributed by atoms with van der Waals surface area (Å²) in [5.41, 5.74) is 14.3. The fourth-order valence-electron chi connectivity index (χ4n) is 0.976. The summed E-state index contributed by atoms with van der Waals surface area (Å²) in [6.07, 6.45) is 0. The molecule has 6 nitrogen and oxygen atoms in total. The predicted molar refractivity (Wildman–Crippen MR) is 51.0 cm³/mol. The molecular formula is C8H8N4O2. The van der Waals surface area contributed by atoms with Gasteiger partial charge in [-0.1, -0.05) is 17.2 Å². The van der Waals surface area contributed by atoms with Crippen LogP contribution in [0.1, 0.15) is 10.4 Å². The Kier molecular flexibility index (Phi) is 2.93. The molecule has 0 saturated heterocycles. The number of hydrogen-bond donors (Lipinski definition) is 1. The van der Waals surface area contributed by atoms with Crippen LogP contribution in [0.5, 0.6) is 0 Å². The number of hydrogen-bond acceptors (Lipinski definition) is 4. The standard InChI is InChI=1S/C8H8N4O2/c1-14-8(13)5-3-2-4-6(7(5)9)11-12-10/h2-4H,9H2,1H3. The molecule has 1 aromatic carbocycles. The lowest BCUT2D eigenvalue weighted by atomic mass is 10.1. The van der Waals surface area contributed by atoms with E-state index in [1.165, 1.54) is 19.2 Å². The van der Waals surface area contributed by atoms with E-state index in [9.17, 15) is 4.79 Å². The number of carbonyl (C=O) groups is 1. The number of ether oxygens (including phenoxy) is 1. The molecule has 0 radical (unpaired) electrons. The van der Waals surface area contributed by atoms with Crippen molar-refractivity contribution in [2.45, 2.75) is 0 Å². The highest BCUT2D eigenvalue weighted by Gasteiger charge is 2.11. The van der Waals surface area contributed by atoms with Crippen LogP contribution in [-0.2, 0) is 4.74 Å². The van der Waals surface area contributed by atoms with Crippen molar-refractivity contribution >= 4 is 17.3 Å². The smallest absolute Gasteiger partial charge is 0.339 e. The molecule has 0 unspecified atom stereocenters. The fourth-order valence-corrected chi connectivity index (χ4v) is 0.976. The number of para-hydroxylation sites is 1. The van der Waals surface area contributed by atoms with E-state index in [1.54, 1.807) is 6.07 Å². The number of anilines is 1. The zero-order valence-electron chi connectivity index (χ0n) is 7.47. The number of nitrogen functional groups attached to an aromatic ring is 1. The normalized spacial score (nSPS) is 8.93. The van der Waals surface area contributed by atoms with Crippen LogP contribution in [0.3, 0.4) is 0 Å². The van der Waals surface area contributed by atoms with Crippen LogP contribution in [0.15, 0.2) is 23.3 Å². The van der Waals surface area contributed by atoms with Crippen molar-refractivity contribution in [3.05, 3.63) is 34.2 Å². The number of azide groups is 1. The summed E-state index contributed by atoms with van der Waals surface area (Å²) in [5, 5.41) is 3.33. The highest BCUT2D eigenvalue weighted by atomic mass is 16.5. The zero-order valence-corrected chi connectivity index (χ0v) is 7.47. The molecule has 0 fully saturated rings. The van der Waals surface area contributed by atoms with Crippen molar-refractivity contribution < 1.29 is 9.53 Å². The number of methoxy groups -OCH3 is 1. The van der Waals surface area contributed by atoms with E-state index in [-0.39, 0.29) is 16.9 Å². The van der Waals surface area contributed by atoms with Gasteiger partial charge in [-0.2, -0.15) is 0 Å². The molecule has 0 aliphatic heterocycles. The third-order valence-corrected chi connectivity index (χ3v) is 1.64. The molecular weight excluding hydrogens is 184 g/mol. The number of nitrogens with two attached hydrogens (primary N) is 1. The number of nitrogens with zero attached hydrogens (tertiary/aromatic N) is 3. The van der Waals surface area contributed by atoms with E-state index in [1.807, 2.05) is 0 Å². The number of benzene rings is 1. The average Bonchev–Trinajstić information content (AvgIpc) is 2.20. The van der Waals surface area contributed by atoms with E-state index < -0.39 is 5.97 Å². The second-order valence-corrected chi connectivity index (χ2v) is 2.42. The molecule has 0 saturated carbocycles. The summed E-state index contributed by atoms with van der Waals surface area (Å²) < 4.78 is 4.50. The molecule has 1 aromatic rings. The highest BCUT2D eigenvalue weighted by Crippen LogP contribution is 2.25. The van der Waals surface area contributed by atoms with E-state index >= 15 is 0 Å². The Morgan fingerprint density at radius 3 is 2.93 bits per heavy atom. The minimum absolute atomic E-state index is 0.122. The molecule has 0 aliphatic carbocycles. The molecule has 2 N–H and O–H groups in total. The molecule has 0 aromatic heterocycles. The third kappa shape index (κ3) is 1.75. The van der Waals surface area contributed by atoms with Gasteiger partial charge in [0.2, 0.25) is 0 Å². The first-order valence-electron chi connectivity index (χ1n) is 3.72. The van der Waals surface area contributed by atoms with Crippen LogP contribution in [-0.4, -0.2) is 13.1 Å². The first-order valence-corrected chi connectivity index (χ1v) is 3.72. The molecule has 0 aliphatic rings. The molecule has 0 bridgehead atoms. The van der Waals surface area contributed by atoms with Gasteiger partial charge in [0.25, 0.3) is 0 Å². The molecule has 1 rings (SSSR count). The second-order valence-electron chi connectivity index (χ2n) is 2.42. The summed E-state index contributed by atoms with van der Waals surface area (Å²) in [6.45, 7) is 0. The number of carbonyl (C=O) groups excluding carboxylic acids is 1. The van der Waals surface area contributed by atoms with Crippen molar-refractivity contribution in [1.82, 2.24) is 0 Å². The van der Waals surface area contributed by atoms with Gasteiger partial charge in [0, 0.05) is 4.91 Å². The van der Waals surface area contributed by atoms with Crippen molar-refractivity contribution in [2.24, 2.45) is 5.11 Å². The van der Waals surface area contributed by atoms with Crippen LogP contribution in [0.4, 0.5) is 11.4 Å². The first kappa shape index (κ1) is 9.88. The lowest BCUT2D eigenvalue weighted by Crippen LogP contribution is -2.05. The minimum atomic E-state index is -0.558. The monoisotopic (exact) mass is 192 g/mol. The van der Waals surface area contributed by atoms with Gasteiger partial charge >= 0.3 is 5.97 Å². The Hall–Kier alpha value is -2.20. The average molecular weight is 192 g/mol. The fraction of sp³-hybridized carbons (Fsp3) is 0.125. The predicted octanol–water partition coefficient (Wildman–Crippen LogP) is 2.00. The second kappa shape index (κ2) is 4.15. The molecule has 0 atom stereocenters. The third-order valence-electron chi connectivity index (χ3n) is 1.64. The van der Waals surface area contributed by atoms with Gasteiger partial charge in [-0.15, -0.1) is 0 Å². The van der Waals surface area contributed by atoms with E-state index in [0.717, 1.165) is 0 Å². The SMILES string of the molecule is COC(=O)c1cccc(N=[N+]=[N-])c1N. The first-order chi connectivity index (χ1) is 6.70. The van der Waals surface area contributed by atoms with Gasteiger partial charge in [-0.05, 0) is 11.6 Å². The minimum Gasteiger partial charge on any atom is -0.465 e. The van der Waals surface area contributed by atoms with Crippen molar-refractivity contribution in [1.29, 1.82) is 0 Å². The van der Waals surface area contributed by atoms with E-state index in [2.05, 4.69) is 14.8 Å². The van der Waals surface area contributed by atoms with Gasteiger partial charge in [-0.3, -0.25) is 0 Å². The molecule has 14 heavy (non-hydrogen) atoms. The maximum Gasteiger partial charge on any atom is 0.339 e. The lowest BCUT2D eigenvalue weighted by Gasteiger charge is -2.04. The van der Waals surface area contributed by atoms with Gasteiger partial charge in [-0.25, -0.2) is 4.79 Å². The maximum absolute atomic E-state index is 11.2. The molecule has 0 amide bonds. The summed E-state index contributed by atoms with van der Waals surface area (Å²) >= 11 is 0. The topological polar surface area (TPSA) is 101 Å². The Bertz CT molecular complexity index is 410. The van der Waals surface area contributed by atoms with Gasteiger partial charge in [0.15, 0.2) is 0 Å². The Morgan fingerprint density at radius 1 is 1.64 bits per heavy atom. The zero-order chi connectivity index (χ0) is 10.6. The van der Waals surface area contributed by atoms with Crippen LogP contribution >= 0.6 is 0 Å². The summed E-state index contributed by atoms with van der Waals surface area (Å²) in [6, 6.07) is 4.58. The number of esters is 1. The summed E-state index contributed by atoms with van der Waals surface area (Å²) in [7, 11) is 1.25. The van der Waals surface area contributed by atoms with Crippen LogP contribution in [0.2, 0.25) is 0 Å². The number of rotatable bonds is 2. The highest BCUT2D eigenvalue weighted by molar-refractivity contribution is 5.97. The van der Waals surface area contributed by atoms with Gasteiger partial charge < -0.3 is 10.5 Å². The van der Waals surface area contributed by atoms with E-state index in [4.69, 9.17) is 11.3 Å². The van der Waals surface area contributed by atoms with Crippen molar-refractivity contribution in [3.63, 3.8) is 0 Å². The van der Waals surface area contributed by atoms with Gasteiger partial charge in [0.05, 0.1) is 24.0 Å². The van der Waals surface area contributed by atoms with Crippen molar-refractivity contribution in [3.8, 4) is 0 Å².